The summed E-state index contributed by atoms with van der Waals surface area (Å²) in [6.07, 6.45) is 0. The van der Waals surface area contributed by atoms with Crippen LogP contribution in [0.5, 0.6) is 0 Å². The van der Waals surface area contributed by atoms with Crippen LogP contribution in [0.25, 0.3) is 22.0 Å². The maximum atomic E-state index is 11.2. The SMILES string of the molecule is CC(C)(C)c1o[nH]c2c3ccccc3c(N=O)c1-2. The van der Waals surface area contributed by atoms with Crippen molar-refractivity contribution in [3.8, 4) is 11.3 Å². The molecule has 1 heterocycles. The Hall–Kier alpha value is -2.10. The lowest BCUT2D eigenvalue weighted by Crippen LogP contribution is -2.10. The quantitative estimate of drug-likeness (QED) is 0.636. The second-order valence-corrected chi connectivity index (χ2v) is 5.52. The summed E-state index contributed by atoms with van der Waals surface area (Å²) in [6, 6.07) is 7.72. The van der Waals surface area contributed by atoms with Crippen molar-refractivity contribution in [3.63, 3.8) is 0 Å². The highest BCUT2D eigenvalue weighted by molar-refractivity contribution is 6.11. The lowest BCUT2D eigenvalue weighted by Gasteiger charge is -2.14. The summed E-state index contributed by atoms with van der Waals surface area (Å²) in [5.74, 6) is 0.767. The number of nitrogens with one attached hydrogen (secondary N) is 1. The van der Waals surface area contributed by atoms with Crippen LogP contribution in [0.1, 0.15) is 26.5 Å². The van der Waals surface area contributed by atoms with Crippen molar-refractivity contribution >= 4 is 16.5 Å². The molecule has 3 rings (SSSR count). The van der Waals surface area contributed by atoms with Crippen LogP contribution in [0.3, 0.4) is 0 Å². The number of H-pyrrole nitrogens is 1. The molecule has 4 nitrogen and oxygen atoms in total. The summed E-state index contributed by atoms with van der Waals surface area (Å²) in [5, 5.41) is 7.97. The summed E-state index contributed by atoms with van der Waals surface area (Å²) in [6.45, 7) is 6.14. The van der Waals surface area contributed by atoms with E-state index in [0.29, 0.717) is 5.69 Å². The normalized spacial score (nSPS) is 12.4. The van der Waals surface area contributed by atoms with Gasteiger partial charge in [0, 0.05) is 16.2 Å². The zero-order chi connectivity index (χ0) is 12.9. The van der Waals surface area contributed by atoms with Gasteiger partial charge in [-0.25, -0.2) is 5.16 Å². The van der Waals surface area contributed by atoms with E-state index in [4.69, 9.17) is 4.52 Å². The van der Waals surface area contributed by atoms with Crippen molar-refractivity contribution in [1.82, 2.24) is 5.16 Å². The van der Waals surface area contributed by atoms with Gasteiger partial charge in [-0.1, -0.05) is 45.0 Å². The third-order valence-corrected chi connectivity index (χ3v) is 3.19. The highest BCUT2D eigenvalue weighted by atomic mass is 16.5. The molecule has 1 N–H and O–H groups in total. The van der Waals surface area contributed by atoms with E-state index in [1.807, 2.05) is 45.0 Å². The lowest BCUT2D eigenvalue weighted by atomic mass is 9.89. The van der Waals surface area contributed by atoms with Crippen LogP contribution in [0.4, 0.5) is 5.69 Å². The molecule has 0 spiro atoms. The average molecular weight is 242 g/mol. The summed E-state index contributed by atoms with van der Waals surface area (Å²) >= 11 is 0. The molecule has 0 amide bonds. The Morgan fingerprint density at radius 1 is 1.17 bits per heavy atom. The van der Waals surface area contributed by atoms with E-state index in [2.05, 4.69) is 10.3 Å². The van der Waals surface area contributed by atoms with E-state index in [1.54, 1.807) is 0 Å². The van der Waals surface area contributed by atoms with Crippen molar-refractivity contribution in [2.75, 3.05) is 0 Å². The van der Waals surface area contributed by atoms with Crippen LogP contribution in [0, 0.1) is 4.91 Å². The van der Waals surface area contributed by atoms with E-state index < -0.39 is 0 Å². The van der Waals surface area contributed by atoms with Gasteiger partial charge in [-0.2, -0.15) is 0 Å². The zero-order valence-electron chi connectivity index (χ0n) is 10.6. The number of aromatic amines is 1. The van der Waals surface area contributed by atoms with Crippen LogP contribution in [0.15, 0.2) is 34.0 Å². The van der Waals surface area contributed by atoms with Gasteiger partial charge in [0.05, 0.1) is 11.3 Å². The minimum atomic E-state index is -0.179. The number of nitrogens with zero attached hydrogens (tertiary/aromatic N) is 1. The van der Waals surface area contributed by atoms with Gasteiger partial charge in [-0.15, -0.1) is 4.91 Å². The van der Waals surface area contributed by atoms with Gasteiger partial charge in [0.2, 0.25) is 0 Å². The summed E-state index contributed by atoms with van der Waals surface area (Å²) in [7, 11) is 0. The molecule has 2 aliphatic rings. The van der Waals surface area contributed by atoms with E-state index in [0.717, 1.165) is 27.8 Å². The zero-order valence-corrected chi connectivity index (χ0v) is 10.6. The summed E-state index contributed by atoms with van der Waals surface area (Å²) in [5.41, 5.74) is 1.95. The minimum Gasteiger partial charge on any atom is -0.385 e. The highest BCUT2D eigenvalue weighted by Crippen LogP contribution is 2.48. The van der Waals surface area contributed by atoms with Gasteiger partial charge < -0.3 is 4.52 Å². The van der Waals surface area contributed by atoms with E-state index >= 15 is 0 Å². The first kappa shape index (κ1) is 11.0. The Kier molecular flexibility index (Phi) is 2.11. The Morgan fingerprint density at radius 3 is 2.44 bits per heavy atom. The Labute approximate surface area is 104 Å². The standard InChI is InChI=1S/C14H14N2O2/c1-14(2,3)13-10-11(15-17)8-6-4-5-7-9(8)12(10)16-18-13/h4-7,16H,1-3H3. The average Bonchev–Trinajstić information content (AvgIpc) is 2.85. The minimum absolute atomic E-state index is 0.179. The molecule has 0 aromatic heterocycles. The fourth-order valence-corrected chi connectivity index (χ4v) is 2.40. The third kappa shape index (κ3) is 1.32. The summed E-state index contributed by atoms with van der Waals surface area (Å²) in [4.78, 5) is 11.2. The smallest absolute Gasteiger partial charge is 0.149 e. The van der Waals surface area contributed by atoms with Crippen LogP contribution < -0.4 is 0 Å². The number of fused-ring (bicyclic) bond motifs is 3. The summed E-state index contributed by atoms with van der Waals surface area (Å²) < 4.78 is 5.55. The van der Waals surface area contributed by atoms with Crippen LogP contribution in [-0.2, 0) is 5.41 Å². The molecule has 1 aliphatic heterocycles. The van der Waals surface area contributed by atoms with E-state index in [1.165, 1.54) is 0 Å². The Bertz CT molecular complexity index is 700. The molecule has 0 bridgehead atoms. The number of aromatic nitrogens is 1. The van der Waals surface area contributed by atoms with Crippen LogP contribution in [-0.4, -0.2) is 5.16 Å². The fraction of sp³-hybridized carbons (Fsp3) is 0.286. The molecule has 1 aromatic rings. The van der Waals surface area contributed by atoms with E-state index in [-0.39, 0.29) is 5.41 Å². The molecule has 18 heavy (non-hydrogen) atoms. The molecule has 1 aromatic carbocycles. The molecule has 0 atom stereocenters. The second kappa shape index (κ2) is 3.45. The highest BCUT2D eigenvalue weighted by Gasteiger charge is 2.31. The Balaban J connectivity index is 2.47. The molecule has 4 heteroatoms. The van der Waals surface area contributed by atoms with E-state index in [9.17, 15) is 4.91 Å². The number of hydrogen-bond acceptors (Lipinski definition) is 3. The topological polar surface area (TPSA) is 58.4 Å². The van der Waals surface area contributed by atoms with Crippen molar-refractivity contribution < 1.29 is 4.52 Å². The monoisotopic (exact) mass is 242 g/mol. The van der Waals surface area contributed by atoms with Crippen LogP contribution in [0.2, 0.25) is 0 Å². The first-order valence-corrected chi connectivity index (χ1v) is 5.89. The lowest BCUT2D eigenvalue weighted by molar-refractivity contribution is 0.334. The van der Waals surface area contributed by atoms with Gasteiger partial charge in [0.1, 0.15) is 11.4 Å². The molecule has 92 valence electrons. The fourth-order valence-electron chi connectivity index (χ4n) is 2.40. The first-order chi connectivity index (χ1) is 8.54. The van der Waals surface area contributed by atoms with Gasteiger partial charge in [0.25, 0.3) is 0 Å². The second-order valence-electron chi connectivity index (χ2n) is 5.52. The molecule has 0 fully saturated rings. The van der Waals surface area contributed by atoms with Crippen molar-refractivity contribution in [1.29, 1.82) is 0 Å². The maximum absolute atomic E-state index is 11.2. The van der Waals surface area contributed by atoms with Crippen molar-refractivity contribution in [2.45, 2.75) is 26.2 Å². The largest absolute Gasteiger partial charge is 0.385 e. The van der Waals surface area contributed by atoms with Crippen molar-refractivity contribution in [3.05, 3.63) is 34.9 Å². The maximum Gasteiger partial charge on any atom is 0.149 e. The number of rotatable bonds is 1. The molecule has 1 aliphatic carbocycles. The molecule has 0 unspecified atom stereocenters. The predicted octanol–water partition coefficient (Wildman–Crippen LogP) is 4.56. The molecular weight excluding hydrogens is 228 g/mol. The van der Waals surface area contributed by atoms with Gasteiger partial charge in [-0.3, -0.25) is 0 Å². The number of nitroso groups, excluding NO2 is 1. The molecular formula is C14H14N2O2. The van der Waals surface area contributed by atoms with Gasteiger partial charge >= 0.3 is 0 Å². The number of hydrogen-bond donors (Lipinski definition) is 1. The van der Waals surface area contributed by atoms with Gasteiger partial charge in [0.15, 0.2) is 0 Å². The first-order valence-electron chi connectivity index (χ1n) is 5.89. The molecule has 0 saturated heterocycles. The number of benzene rings is 1. The molecule has 0 radical (unpaired) electrons. The third-order valence-electron chi connectivity index (χ3n) is 3.19. The molecule has 0 saturated carbocycles. The van der Waals surface area contributed by atoms with Gasteiger partial charge in [-0.05, 0) is 5.18 Å². The predicted molar refractivity (Wildman–Crippen MR) is 71.3 cm³/mol. The van der Waals surface area contributed by atoms with Crippen LogP contribution >= 0.6 is 0 Å². The van der Waals surface area contributed by atoms with Crippen molar-refractivity contribution in [2.24, 2.45) is 5.18 Å². The Morgan fingerprint density at radius 2 is 1.83 bits per heavy atom.